The van der Waals surface area contributed by atoms with Gasteiger partial charge in [-0.25, -0.2) is 4.98 Å². The lowest BCUT2D eigenvalue weighted by molar-refractivity contribution is -0.385. The van der Waals surface area contributed by atoms with Gasteiger partial charge in [0.05, 0.1) is 4.92 Å². The van der Waals surface area contributed by atoms with Crippen LogP contribution in [0.2, 0.25) is 0 Å². The van der Waals surface area contributed by atoms with Crippen molar-refractivity contribution in [2.45, 2.75) is 52.5 Å². The van der Waals surface area contributed by atoms with Crippen LogP contribution in [0.15, 0.2) is 0 Å². The maximum absolute atomic E-state index is 11.3. The molecule has 1 aliphatic carbocycles. The molecule has 0 saturated heterocycles. The van der Waals surface area contributed by atoms with E-state index in [1.54, 1.807) is 6.92 Å². The van der Waals surface area contributed by atoms with E-state index < -0.39 is 4.92 Å². The van der Waals surface area contributed by atoms with Crippen LogP contribution in [-0.2, 0) is 0 Å². The molecule has 1 aromatic rings. The third-order valence-corrected chi connectivity index (χ3v) is 4.00. The van der Waals surface area contributed by atoms with E-state index in [0.29, 0.717) is 23.4 Å². The second-order valence-corrected chi connectivity index (χ2v) is 5.64. The van der Waals surface area contributed by atoms with Gasteiger partial charge in [0.1, 0.15) is 5.69 Å². The summed E-state index contributed by atoms with van der Waals surface area (Å²) in [6.07, 6.45) is 4.53. The fourth-order valence-corrected chi connectivity index (χ4v) is 2.48. The molecular formula is C14H23N5O2. The van der Waals surface area contributed by atoms with Gasteiger partial charge in [-0.1, -0.05) is 13.3 Å². The summed E-state index contributed by atoms with van der Waals surface area (Å²) in [7, 11) is 0. The van der Waals surface area contributed by atoms with Gasteiger partial charge in [0.2, 0.25) is 11.8 Å². The SMILES string of the molecule is CCCNc1nc(C)c([N+](=O)[O-])c(NC(C)C2CCC2)n1. The Morgan fingerprint density at radius 1 is 1.43 bits per heavy atom. The molecule has 7 heteroatoms. The molecule has 1 saturated carbocycles. The van der Waals surface area contributed by atoms with Crippen molar-refractivity contribution in [3.63, 3.8) is 0 Å². The fourth-order valence-electron chi connectivity index (χ4n) is 2.48. The minimum atomic E-state index is -0.408. The maximum Gasteiger partial charge on any atom is 0.332 e. The number of anilines is 2. The number of hydrogen-bond donors (Lipinski definition) is 2. The summed E-state index contributed by atoms with van der Waals surface area (Å²) in [6, 6.07) is 0.186. The highest BCUT2D eigenvalue weighted by molar-refractivity contribution is 5.61. The molecule has 0 bridgehead atoms. The molecule has 7 nitrogen and oxygen atoms in total. The lowest BCUT2D eigenvalue weighted by Crippen LogP contribution is -2.31. The van der Waals surface area contributed by atoms with E-state index in [2.05, 4.69) is 27.5 Å². The van der Waals surface area contributed by atoms with Crippen LogP contribution in [0, 0.1) is 23.0 Å². The summed E-state index contributed by atoms with van der Waals surface area (Å²) in [4.78, 5) is 19.3. The van der Waals surface area contributed by atoms with Crippen molar-refractivity contribution in [1.29, 1.82) is 0 Å². The first kappa shape index (κ1) is 15.5. The number of aromatic nitrogens is 2. The van der Waals surface area contributed by atoms with E-state index in [4.69, 9.17) is 0 Å². The second kappa shape index (κ2) is 6.69. The number of nitrogens with one attached hydrogen (secondary N) is 2. The maximum atomic E-state index is 11.3. The molecule has 2 N–H and O–H groups in total. The van der Waals surface area contributed by atoms with Gasteiger partial charge in [-0.15, -0.1) is 0 Å². The summed E-state index contributed by atoms with van der Waals surface area (Å²) in [6.45, 7) is 6.50. The van der Waals surface area contributed by atoms with Gasteiger partial charge < -0.3 is 10.6 Å². The molecular weight excluding hydrogens is 270 g/mol. The van der Waals surface area contributed by atoms with Gasteiger partial charge >= 0.3 is 5.69 Å². The van der Waals surface area contributed by atoms with E-state index >= 15 is 0 Å². The summed E-state index contributed by atoms with van der Waals surface area (Å²) in [5.41, 5.74) is 0.361. The van der Waals surface area contributed by atoms with Crippen LogP contribution in [0.4, 0.5) is 17.5 Å². The normalized spacial score (nSPS) is 16.1. The largest absolute Gasteiger partial charge is 0.361 e. The molecule has 1 heterocycles. The lowest BCUT2D eigenvalue weighted by Gasteiger charge is -2.32. The van der Waals surface area contributed by atoms with Crippen molar-refractivity contribution in [2.24, 2.45) is 5.92 Å². The Bertz CT molecular complexity index is 516. The number of hydrogen-bond acceptors (Lipinski definition) is 6. The topological polar surface area (TPSA) is 93.0 Å². The smallest absolute Gasteiger partial charge is 0.332 e. The van der Waals surface area contributed by atoms with Gasteiger partial charge in [0.15, 0.2) is 0 Å². The van der Waals surface area contributed by atoms with Gasteiger partial charge in [-0.2, -0.15) is 4.98 Å². The van der Waals surface area contributed by atoms with Crippen LogP contribution in [0.25, 0.3) is 0 Å². The Morgan fingerprint density at radius 3 is 2.67 bits per heavy atom. The van der Waals surface area contributed by atoms with Gasteiger partial charge in [-0.3, -0.25) is 10.1 Å². The number of nitrogens with zero attached hydrogens (tertiary/aromatic N) is 3. The molecule has 1 unspecified atom stereocenters. The Labute approximate surface area is 124 Å². The van der Waals surface area contributed by atoms with Crippen LogP contribution in [0.5, 0.6) is 0 Å². The molecule has 116 valence electrons. The van der Waals surface area contributed by atoms with Crippen molar-refractivity contribution in [3.8, 4) is 0 Å². The van der Waals surface area contributed by atoms with Crippen LogP contribution >= 0.6 is 0 Å². The summed E-state index contributed by atoms with van der Waals surface area (Å²) in [5, 5.41) is 17.6. The Hall–Kier alpha value is -1.92. The van der Waals surface area contributed by atoms with E-state index in [1.165, 1.54) is 19.3 Å². The first-order valence-corrected chi connectivity index (χ1v) is 7.56. The third-order valence-electron chi connectivity index (χ3n) is 4.00. The van der Waals surface area contributed by atoms with Crippen LogP contribution in [0.3, 0.4) is 0 Å². The predicted octanol–water partition coefficient (Wildman–Crippen LogP) is 3.12. The van der Waals surface area contributed by atoms with E-state index in [0.717, 1.165) is 13.0 Å². The summed E-state index contributed by atoms with van der Waals surface area (Å²) >= 11 is 0. The fraction of sp³-hybridized carbons (Fsp3) is 0.714. The number of nitro groups is 1. The molecule has 1 atom stereocenters. The molecule has 1 aliphatic rings. The monoisotopic (exact) mass is 293 g/mol. The molecule has 1 aromatic heterocycles. The van der Waals surface area contributed by atoms with Crippen molar-refractivity contribution in [1.82, 2.24) is 9.97 Å². The average molecular weight is 293 g/mol. The summed E-state index contributed by atoms with van der Waals surface area (Å²) < 4.78 is 0. The zero-order chi connectivity index (χ0) is 15.4. The zero-order valence-corrected chi connectivity index (χ0v) is 12.8. The number of aryl methyl sites for hydroxylation is 1. The van der Waals surface area contributed by atoms with Crippen LogP contribution in [-0.4, -0.2) is 27.5 Å². The van der Waals surface area contributed by atoms with Crippen molar-refractivity contribution < 1.29 is 4.92 Å². The lowest BCUT2D eigenvalue weighted by atomic mass is 9.80. The average Bonchev–Trinajstić information content (AvgIpc) is 2.32. The van der Waals surface area contributed by atoms with E-state index in [1.807, 2.05) is 6.92 Å². The minimum Gasteiger partial charge on any atom is -0.361 e. The molecule has 0 amide bonds. The molecule has 0 radical (unpaired) electrons. The Balaban J connectivity index is 2.25. The predicted molar refractivity (Wildman–Crippen MR) is 82.6 cm³/mol. The van der Waals surface area contributed by atoms with E-state index in [9.17, 15) is 10.1 Å². The van der Waals surface area contributed by atoms with Gasteiger partial charge in [0.25, 0.3) is 0 Å². The molecule has 0 aliphatic heterocycles. The summed E-state index contributed by atoms with van der Waals surface area (Å²) in [5.74, 6) is 1.35. The second-order valence-electron chi connectivity index (χ2n) is 5.64. The quantitative estimate of drug-likeness (QED) is 0.592. The zero-order valence-electron chi connectivity index (χ0n) is 12.8. The minimum absolute atomic E-state index is 0.0248. The molecule has 0 spiro atoms. The van der Waals surface area contributed by atoms with Crippen molar-refractivity contribution in [2.75, 3.05) is 17.2 Å². The highest BCUT2D eigenvalue weighted by atomic mass is 16.6. The molecule has 1 fully saturated rings. The molecule has 21 heavy (non-hydrogen) atoms. The van der Waals surface area contributed by atoms with Crippen LogP contribution < -0.4 is 10.6 Å². The van der Waals surface area contributed by atoms with Gasteiger partial charge in [0, 0.05) is 12.6 Å². The van der Waals surface area contributed by atoms with Crippen LogP contribution in [0.1, 0.15) is 45.2 Å². The molecule has 2 rings (SSSR count). The Kier molecular flexibility index (Phi) is 4.93. The third kappa shape index (κ3) is 3.59. The first-order valence-electron chi connectivity index (χ1n) is 7.56. The van der Waals surface area contributed by atoms with Gasteiger partial charge in [-0.05, 0) is 39.0 Å². The standard InChI is InChI=1S/C14H23N5O2/c1-4-8-15-14-17-10(3)12(19(20)21)13(18-14)16-9(2)11-6-5-7-11/h9,11H,4-8H2,1-3H3,(H2,15,16,17,18). The number of rotatable bonds is 7. The van der Waals surface area contributed by atoms with Crippen molar-refractivity contribution in [3.05, 3.63) is 15.8 Å². The van der Waals surface area contributed by atoms with E-state index in [-0.39, 0.29) is 11.7 Å². The van der Waals surface area contributed by atoms with Crippen molar-refractivity contribution >= 4 is 17.5 Å². The Morgan fingerprint density at radius 2 is 2.14 bits per heavy atom. The highest BCUT2D eigenvalue weighted by Crippen LogP contribution is 2.33. The molecule has 0 aromatic carbocycles. The highest BCUT2D eigenvalue weighted by Gasteiger charge is 2.28. The first-order chi connectivity index (χ1) is 10.0.